The Morgan fingerprint density at radius 1 is 1.42 bits per heavy atom. The highest BCUT2D eigenvalue weighted by Crippen LogP contribution is 2.34. The summed E-state index contributed by atoms with van der Waals surface area (Å²) >= 11 is 13.2. The van der Waals surface area contributed by atoms with Crippen LogP contribution in [0.5, 0.6) is 0 Å². The molecule has 19 heavy (non-hydrogen) atoms. The minimum atomic E-state index is -0.498. The molecule has 5 nitrogen and oxygen atoms in total. The van der Waals surface area contributed by atoms with Gasteiger partial charge in [0.15, 0.2) is 0 Å². The van der Waals surface area contributed by atoms with Gasteiger partial charge in [0.1, 0.15) is 5.69 Å². The number of anilines is 1. The van der Waals surface area contributed by atoms with Gasteiger partial charge in [0, 0.05) is 17.1 Å². The second-order valence-corrected chi connectivity index (χ2v) is 5.87. The zero-order chi connectivity index (χ0) is 14.0. The van der Waals surface area contributed by atoms with Crippen molar-refractivity contribution in [2.75, 3.05) is 5.32 Å². The third-order valence-electron chi connectivity index (χ3n) is 2.36. The molecule has 0 saturated carbocycles. The molecule has 0 radical (unpaired) electrons. The molecular formula is C11H9Cl2N3O2S. The molecule has 0 atom stereocenters. The topological polar surface area (TPSA) is 68.1 Å². The van der Waals surface area contributed by atoms with Crippen molar-refractivity contribution in [1.29, 1.82) is 0 Å². The lowest BCUT2D eigenvalue weighted by molar-refractivity contribution is -0.383. The summed E-state index contributed by atoms with van der Waals surface area (Å²) in [7, 11) is 0. The number of aromatic nitrogens is 1. The number of hydrogen-bond donors (Lipinski definition) is 1. The Kier molecular flexibility index (Phi) is 4.24. The Balaban J connectivity index is 2.23. The highest BCUT2D eigenvalue weighted by atomic mass is 35.5. The number of nitrogens with one attached hydrogen (secondary N) is 1. The molecule has 0 fully saturated rings. The summed E-state index contributed by atoms with van der Waals surface area (Å²) in [6.07, 6.45) is 1.73. The Morgan fingerprint density at radius 3 is 2.68 bits per heavy atom. The second-order valence-electron chi connectivity index (χ2n) is 3.74. The molecule has 1 aromatic carbocycles. The molecule has 0 unspecified atom stereocenters. The average molecular weight is 318 g/mol. The molecule has 2 aromatic rings. The van der Waals surface area contributed by atoms with Crippen LogP contribution in [0.15, 0.2) is 18.3 Å². The molecule has 0 aliphatic rings. The summed E-state index contributed by atoms with van der Waals surface area (Å²) in [5, 5.41) is 15.3. The van der Waals surface area contributed by atoms with E-state index in [2.05, 4.69) is 10.3 Å². The largest absolute Gasteiger partial charge is 0.374 e. The van der Waals surface area contributed by atoms with Crippen molar-refractivity contribution in [2.24, 2.45) is 0 Å². The third-order valence-corrected chi connectivity index (χ3v) is 3.99. The first-order chi connectivity index (χ1) is 8.97. The summed E-state index contributed by atoms with van der Waals surface area (Å²) < 4.78 is 0. The number of halogens is 2. The van der Waals surface area contributed by atoms with E-state index < -0.39 is 4.92 Å². The molecule has 1 heterocycles. The number of thiazole rings is 1. The molecule has 0 aliphatic carbocycles. The molecule has 1 aromatic heterocycles. The number of rotatable bonds is 4. The van der Waals surface area contributed by atoms with E-state index in [0.29, 0.717) is 12.2 Å². The molecule has 0 spiro atoms. The van der Waals surface area contributed by atoms with Gasteiger partial charge in [-0.2, -0.15) is 0 Å². The van der Waals surface area contributed by atoms with Gasteiger partial charge < -0.3 is 5.32 Å². The number of nitro benzene ring substituents is 1. The second kappa shape index (κ2) is 5.73. The van der Waals surface area contributed by atoms with E-state index in [1.807, 2.05) is 6.92 Å². The first-order valence-electron chi connectivity index (χ1n) is 5.26. The molecule has 0 aliphatic heterocycles. The van der Waals surface area contributed by atoms with Crippen molar-refractivity contribution in [2.45, 2.75) is 13.5 Å². The van der Waals surface area contributed by atoms with Gasteiger partial charge in [-0.05, 0) is 13.0 Å². The van der Waals surface area contributed by atoms with E-state index in [-0.39, 0.29) is 15.7 Å². The summed E-state index contributed by atoms with van der Waals surface area (Å²) in [6, 6.07) is 2.69. The zero-order valence-electron chi connectivity index (χ0n) is 9.81. The maximum absolute atomic E-state index is 11.0. The van der Waals surface area contributed by atoms with Gasteiger partial charge in [0.25, 0.3) is 5.69 Å². The summed E-state index contributed by atoms with van der Waals surface area (Å²) in [6.45, 7) is 2.35. The molecule has 8 heteroatoms. The van der Waals surface area contributed by atoms with Crippen molar-refractivity contribution in [3.8, 4) is 0 Å². The van der Waals surface area contributed by atoms with E-state index in [4.69, 9.17) is 23.2 Å². The lowest BCUT2D eigenvalue weighted by atomic mass is 10.2. The van der Waals surface area contributed by atoms with Crippen LogP contribution < -0.4 is 5.32 Å². The quantitative estimate of drug-likeness (QED) is 0.675. The Morgan fingerprint density at radius 2 is 2.11 bits per heavy atom. The van der Waals surface area contributed by atoms with E-state index in [0.717, 1.165) is 9.88 Å². The van der Waals surface area contributed by atoms with Crippen molar-refractivity contribution in [3.63, 3.8) is 0 Å². The standard InChI is InChI=1S/C11H9Cl2N3O2S/c1-6-14-4-7(19-6)5-15-10-2-8(12)9(13)3-11(10)16(17)18/h2-4,15H,5H2,1H3. The van der Waals surface area contributed by atoms with Crippen molar-refractivity contribution >= 4 is 45.9 Å². The lowest BCUT2D eigenvalue weighted by Gasteiger charge is -2.07. The maximum Gasteiger partial charge on any atom is 0.293 e. The summed E-state index contributed by atoms with van der Waals surface area (Å²) in [4.78, 5) is 15.6. The van der Waals surface area contributed by atoms with Crippen LogP contribution in [-0.4, -0.2) is 9.91 Å². The van der Waals surface area contributed by atoms with E-state index >= 15 is 0 Å². The predicted octanol–water partition coefficient (Wildman–Crippen LogP) is 4.28. The zero-order valence-corrected chi connectivity index (χ0v) is 12.1. The maximum atomic E-state index is 11.0. The average Bonchev–Trinajstić information content (AvgIpc) is 2.76. The van der Waals surface area contributed by atoms with Gasteiger partial charge in [0.05, 0.1) is 26.5 Å². The number of nitrogens with zero attached hydrogens (tertiary/aromatic N) is 2. The van der Waals surface area contributed by atoms with Crippen LogP contribution in [0.1, 0.15) is 9.88 Å². The van der Waals surface area contributed by atoms with Gasteiger partial charge in [-0.3, -0.25) is 10.1 Å². The van der Waals surface area contributed by atoms with Gasteiger partial charge in [-0.25, -0.2) is 4.98 Å². The number of aryl methyl sites for hydroxylation is 1. The summed E-state index contributed by atoms with van der Waals surface area (Å²) in [5.74, 6) is 0. The van der Waals surface area contributed by atoms with Crippen LogP contribution >= 0.6 is 34.5 Å². The first kappa shape index (κ1) is 14.0. The lowest BCUT2D eigenvalue weighted by Crippen LogP contribution is -2.01. The third kappa shape index (κ3) is 3.34. The monoisotopic (exact) mass is 317 g/mol. The minimum absolute atomic E-state index is 0.101. The predicted molar refractivity (Wildman–Crippen MR) is 77.3 cm³/mol. The molecule has 1 N–H and O–H groups in total. The van der Waals surface area contributed by atoms with Crippen LogP contribution in [0.3, 0.4) is 0 Å². The first-order valence-corrected chi connectivity index (χ1v) is 6.83. The summed E-state index contributed by atoms with van der Waals surface area (Å²) in [5.41, 5.74) is 0.237. The smallest absolute Gasteiger partial charge is 0.293 e. The molecule has 0 bridgehead atoms. The van der Waals surface area contributed by atoms with Gasteiger partial charge >= 0.3 is 0 Å². The van der Waals surface area contributed by atoms with Gasteiger partial charge in [-0.1, -0.05) is 23.2 Å². The fourth-order valence-corrected chi connectivity index (χ4v) is 2.55. The van der Waals surface area contributed by atoms with Gasteiger partial charge in [0.2, 0.25) is 0 Å². The Labute approximate surface area is 123 Å². The van der Waals surface area contributed by atoms with Crippen LogP contribution in [0.25, 0.3) is 0 Å². The Bertz CT molecular complexity index is 630. The van der Waals surface area contributed by atoms with Crippen LogP contribution in [0.2, 0.25) is 10.0 Å². The van der Waals surface area contributed by atoms with E-state index in [9.17, 15) is 10.1 Å². The fraction of sp³-hybridized carbons (Fsp3) is 0.182. The number of hydrogen-bond acceptors (Lipinski definition) is 5. The fourth-order valence-electron chi connectivity index (χ4n) is 1.50. The van der Waals surface area contributed by atoms with E-state index in [1.165, 1.54) is 23.5 Å². The molecule has 100 valence electrons. The highest BCUT2D eigenvalue weighted by Gasteiger charge is 2.17. The van der Waals surface area contributed by atoms with Crippen molar-refractivity contribution < 1.29 is 4.92 Å². The number of nitro groups is 1. The van der Waals surface area contributed by atoms with Gasteiger partial charge in [-0.15, -0.1) is 11.3 Å². The minimum Gasteiger partial charge on any atom is -0.374 e. The van der Waals surface area contributed by atoms with Crippen molar-refractivity contribution in [3.05, 3.63) is 48.4 Å². The van der Waals surface area contributed by atoms with Crippen molar-refractivity contribution in [1.82, 2.24) is 4.98 Å². The molecule has 0 amide bonds. The normalized spacial score (nSPS) is 10.5. The molecular weight excluding hydrogens is 309 g/mol. The van der Waals surface area contributed by atoms with Crippen LogP contribution in [0.4, 0.5) is 11.4 Å². The van der Waals surface area contributed by atoms with Crippen LogP contribution in [0, 0.1) is 17.0 Å². The number of benzene rings is 1. The molecule has 0 saturated heterocycles. The highest BCUT2D eigenvalue weighted by molar-refractivity contribution is 7.11. The van der Waals surface area contributed by atoms with E-state index in [1.54, 1.807) is 6.20 Å². The Hall–Kier alpha value is -1.37. The SMILES string of the molecule is Cc1ncc(CNc2cc(Cl)c(Cl)cc2[N+](=O)[O-])s1. The molecule has 2 rings (SSSR count). The van der Waals surface area contributed by atoms with Crippen LogP contribution in [-0.2, 0) is 6.54 Å².